The van der Waals surface area contributed by atoms with Crippen LogP contribution in [0, 0.1) is 6.92 Å². The van der Waals surface area contributed by atoms with Crippen molar-refractivity contribution in [2.45, 2.75) is 32.6 Å². The molecule has 1 aliphatic heterocycles. The van der Waals surface area contributed by atoms with Gasteiger partial charge < -0.3 is 15.0 Å². The number of rotatable bonds is 6. The summed E-state index contributed by atoms with van der Waals surface area (Å²) in [6.45, 7) is 4.06. The van der Waals surface area contributed by atoms with Gasteiger partial charge in [0.15, 0.2) is 12.4 Å². The van der Waals surface area contributed by atoms with Crippen LogP contribution in [0.25, 0.3) is 11.3 Å². The molecule has 0 bridgehead atoms. The van der Waals surface area contributed by atoms with Crippen molar-refractivity contribution in [3.8, 4) is 17.0 Å². The van der Waals surface area contributed by atoms with E-state index in [2.05, 4.69) is 20.4 Å². The van der Waals surface area contributed by atoms with Crippen molar-refractivity contribution in [2.24, 2.45) is 0 Å². The van der Waals surface area contributed by atoms with E-state index in [0.29, 0.717) is 5.75 Å². The molecule has 3 aromatic rings. The number of ether oxygens (including phenoxy) is 1. The molecular formula is C25H28N4O2. The molecule has 1 saturated heterocycles. The molecular weight excluding hydrogens is 388 g/mol. The zero-order valence-electron chi connectivity index (χ0n) is 17.9. The number of carbonyl (C=O) groups excluding carboxylic acids is 1. The van der Waals surface area contributed by atoms with Crippen LogP contribution in [-0.4, -0.2) is 35.8 Å². The van der Waals surface area contributed by atoms with Crippen LogP contribution < -0.4 is 15.0 Å². The Kier molecular flexibility index (Phi) is 6.77. The lowest BCUT2D eigenvalue weighted by atomic mass is 10.1. The van der Waals surface area contributed by atoms with E-state index < -0.39 is 0 Å². The number of nitrogens with zero attached hydrogens (tertiary/aromatic N) is 3. The Bertz CT molecular complexity index is 995. The highest BCUT2D eigenvalue weighted by atomic mass is 16.5. The summed E-state index contributed by atoms with van der Waals surface area (Å²) >= 11 is 0. The fraction of sp³-hybridized carbons (Fsp3) is 0.320. The number of aryl methyl sites for hydroxylation is 1. The summed E-state index contributed by atoms with van der Waals surface area (Å²) in [5, 5.41) is 11.7. The maximum absolute atomic E-state index is 12.2. The number of aromatic nitrogens is 2. The fourth-order valence-corrected chi connectivity index (χ4v) is 3.72. The maximum Gasteiger partial charge on any atom is 0.262 e. The van der Waals surface area contributed by atoms with Crippen LogP contribution in [0.1, 0.15) is 31.2 Å². The van der Waals surface area contributed by atoms with Crippen LogP contribution >= 0.6 is 0 Å². The van der Waals surface area contributed by atoms with Gasteiger partial charge in [-0.15, -0.1) is 10.2 Å². The first-order valence-corrected chi connectivity index (χ1v) is 10.9. The molecule has 1 N–H and O–H groups in total. The number of amides is 1. The zero-order chi connectivity index (χ0) is 21.5. The Morgan fingerprint density at radius 1 is 0.968 bits per heavy atom. The van der Waals surface area contributed by atoms with Crippen LogP contribution in [0.3, 0.4) is 0 Å². The summed E-state index contributed by atoms with van der Waals surface area (Å²) in [5.74, 6) is 1.44. The molecule has 4 rings (SSSR count). The summed E-state index contributed by atoms with van der Waals surface area (Å²) in [6.07, 6.45) is 5.02. The van der Waals surface area contributed by atoms with Crippen LogP contribution in [0.4, 0.5) is 11.5 Å². The Balaban J connectivity index is 1.32. The summed E-state index contributed by atoms with van der Waals surface area (Å²) < 4.78 is 5.55. The third-order valence-corrected chi connectivity index (χ3v) is 5.40. The SMILES string of the molecule is Cc1cccc(OCC(=O)Nc2ccc(-c3ccc(N4CCCCCC4)nn3)cc2)c1. The highest BCUT2D eigenvalue weighted by Crippen LogP contribution is 2.22. The van der Waals surface area contributed by atoms with E-state index in [1.165, 1.54) is 25.7 Å². The number of nitrogens with one attached hydrogen (secondary N) is 1. The van der Waals surface area contributed by atoms with Gasteiger partial charge >= 0.3 is 0 Å². The van der Waals surface area contributed by atoms with Crippen LogP contribution in [0.15, 0.2) is 60.7 Å². The van der Waals surface area contributed by atoms with Gasteiger partial charge in [0.1, 0.15) is 5.75 Å². The van der Waals surface area contributed by atoms with Gasteiger partial charge in [-0.2, -0.15) is 0 Å². The smallest absolute Gasteiger partial charge is 0.262 e. The standard InChI is InChI=1S/C25H28N4O2/c1-19-7-6-8-22(17-19)31-18-25(30)26-21-11-9-20(10-12-21)23-13-14-24(28-27-23)29-15-4-2-3-5-16-29/h6-14,17H,2-5,15-16,18H2,1H3,(H,26,30). The van der Waals surface area contributed by atoms with Crippen LogP contribution in [0.5, 0.6) is 5.75 Å². The van der Waals surface area contributed by atoms with E-state index >= 15 is 0 Å². The van der Waals surface area contributed by atoms with Gasteiger partial charge in [-0.05, 0) is 61.7 Å². The minimum Gasteiger partial charge on any atom is -0.484 e. The normalized spacial score (nSPS) is 14.0. The third kappa shape index (κ3) is 5.81. The predicted molar refractivity (Wildman–Crippen MR) is 123 cm³/mol. The molecule has 0 saturated carbocycles. The molecule has 160 valence electrons. The Morgan fingerprint density at radius 2 is 1.74 bits per heavy atom. The first-order valence-electron chi connectivity index (χ1n) is 10.9. The largest absolute Gasteiger partial charge is 0.484 e. The van der Waals surface area contributed by atoms with E-state index in [1.54, 1.807) is 0 Å². The molecule has 1 amide bonds. The molecule has 1 aliphatic rings. The number of benzene rings is 2. The lowest BCUT2D eigenvalue weighted by Gasteiger charge is -2.20. The van der Waals surface area contributed by atoms with Crippen LogP contribution in [-0.2, 0) is 4.79 Å². The predicted octanol–water partition coefficient (Wildman–Crippen LogP) is 4.85. The van der Waals surface area contributed by atoms with Gasteiger partial charge in [0.05, 0.1) is 5.69 Å². The highest BCUT2D eigenvalue weighted by Gasteiger charge is 2.12. The molecule has 1 aromatic heterocycles. The first-order chi connectivity index (χ1) is 15.2. The first kappa shape index (κ1) is 20.8. The minimum atomic E-state index is -0.198. The van der Waals surface area contributed by atoms with Crippen molar-refractivity contribution < 1.29 is 9.53 Å². The molecule has 1 fully saturated rings. The van der Waals surface area contributed by atoms with Gasteiger partial charge in [-0.1, -0.05) is 37.1 Å². The van der Waals surface area contributed by atoms with Gasteiger partial charge in [0.2, 0.25) is 0 Å². The summed E-state index contributed by atoms with van der Waals surface area (Å²) in [4.78, 5) is 14.5. The second kappa shape index (κ2) is 10.1. The number of hydrogen-bond donors (Lipinski definition) is 1. The Hall–Kier alpha value is -3.41. The molecule has 0 radical (unpaired) electrons. The van der Waals surface area contributed by atoms with Crippen molar-refractivity contribution >= 4 is 17.4 Å². The third-order valence-electron chi connectivity index (χ3n) is 5.40. The van der Waals surface area contributed by atoms with E-state index in [1.807, 2.05) is 67.6 Å². The average molecular weight is 417 g/mol. The highest BCUT2D eigenvalue weighted by molar-refractivity contribution is 5.92. The molecule has 6 heteroatoms. The van der Waals surface area contributed by atoms with Gasteiger partial charge in [-0.25, -0.2) is 0 Å². The molecule has 0 aliphatic carbocycles. The molecule has 2 heterocycles. The number of carbonyl (C=O) groups is 1. The summed E-state index contributed by atoms with van der Waals surface area (Å²) in [7, 11) is 0. The van der Waals surface area contributed by atoms with Crippen molar-refractivity contribution in [2.75, 3.05) is 29.9 Å². The van der Waals surface area contributed by atoms with Crippen LogP contribution in [0.2, 0.25) is 0 Å². The quantitative estimate of drug-likeness (QED) is 0.622. The van der Waals surface area contributed by atoms with E-state index in [-0.39, 0.29) is 12.5 Å². The topological polar surface area (TPSA) is 67.3 Å². The van der Waals surface area contributed by atoms with Gasteiger partial charge in [-0.3, -0.25) is 4.79 Å². The minimum absolute atomic E-state index is 0.0331. The van der Waals surface area contributed by atoms with Crippen molar-refractivity contribution in [3.05, 3.63) is 66.2 Å². The number of anilines is 2. The number of hydrogen-bond acceptors (Lipinski definition) is 5. The Labute approximate surface area is 183 Å². The van der Waals surface area contributed by atoms with Crippen molar-refractivity contribution in [1.82, 2.24) is 10.2 Å². The van der Waals surface area contributed by atoms with Gasteiger partial charge in [0, 0.05) is 24.3 Å². The monoisotopic (exact) mass is 416 g/mol. The second-order valence-electron chi connectivity index (χ2n) is 7.91. The molecule has 0 unspecified atom stereocenters. The maximum atomic E-state index is 12.2. The molecule has 31 heavy (non-hydrogen) atoms. The molecule has 2 aromatic carbocycles. The van der Waals surface area contributed by atoms with E-state index in [0.717, 1.165) is 41.4 Å². The molecule has 0 atom stereocenters. The zero-order valence-corrected chi connectivity index (χ0v) is 17.9. The molecule has 0 spiro atoms. The average Bonchev–Trinajstić information content (AvgIpc) is 3.08. The lowest BCUT2D eigenvalue weighted by Crippen LogP contribution is -2.25. The van der Waals surface area contributed by atoms with E-state index in [9.17, 15) is 4.79 Å². The second-order valence-corrected chi connectivity index (χ2v) is 7.91. The van der Waals surface area contributed by atoms with E-state index in [4.69, 9.17) is 4.74 Å². The van der Waals surface area contributed by atoms with Crippen molar-refractivity contribution in [3.63, 3.8) is 0 Å². The molecule has 6 nitrogen and oxygen atoms in total. The van der Waals surface area contributed by atoms with Gasteiger partial charge in [0.25, 0.3) is 5.91 Å². The Morgan fingerprint density at radius 3 is 2.42 bits per heavy atom. The lowest BCUT2D eigenvalue weighted by molar-refractivity contribution is -0.118. The fourth-order valence-electron chi connectivity index (χ4n) is 3.72. The summed E-state index contributed by atoms with van der Waals surface area (Å²) in [6, 6.07) is 19.3. The van der Waals surface area contributed by atoms with Crippen molar-refractivity contribution in [1.29, 1.82) is 0 Å². The summed E-state index contributed by atoms with van der Waals surface area (Å²) in [5.41, 5.74) is 3.59.